The molecule has 1 rings (SSSR count). The largest absolute Gasteiger partial charge is 0.478 e. The van der Waals surface area contributed by atoms with Gasteiger partial charge in [0, 0.05) is 18.0 Å². The van der Waals surface area contributed by atoms with Gasteiger partial charge >= 0.3 is 5.97 Å². The minimum absolute atomic E-state index is 0.141. The molecule has 188 valence electrons. The summed E-state index contributed by atoms with van der Waals surface area (Å²) >= 11 is 0. The van der Waals surface area contributed by atoms with Crippen LogP contribution in [0.15, 0.2) is 54.6 Å². The number of benzene rings is 1. The number of carbonyl (C=O) groups excluding carboxylic acids is 2. The van der Waals surface area contributed by atoms with Crippen LogP contribution in [0.4, 0.5) is 0 Å². The smallest absolute Gasteiger partial charge is 0.331 e. The number of nitrogens with zero attached hydrogens (tertiary/aromatic N) is 1. The normalized spacial score (nSPS) is 15.1. The van der Waals surface area contributed by atoms with E-state index in [1.807, 2.05) is 65.0 Å². The SMILES string of the molecule is C=CC[C@@H](/C=C(\C)C(=O)O)N(C)C(=O)[C@@H](NC(=O)[C@H](NC)C(C)(C)c1ccccc1)C(C)(C)C. The van der Waals surface area contributed by atoms with Crippen molar-refractivity contribution in [2.45, 2.75) is 71.5 Å². The molecule has 3 N–H and O–H groups in total. The highest BCUT2D eigenvalue weighted by molar-refractivity contribution is 5.91. The molecule has 7 heteroatoms. The average Bonchev–Trinajstić information content (AvgIpc) is 2.76. The third-order valence-corrected chi connectivity index (χ3v) is 6.22. The molecular formula is C27H41N3O4. The van der Waals surface area contributed by atoms with E-state index in [2.05, 4.69) is 17.2 Å². The molecule has 3 atom stereocenters. The standard InChI is InChI=1S/C27H41N3O4/c1-10-14-20(17-18(2)25(33)34)30(9)24(32)22(26(3,4)5)29-23(31)21(28-8)27(6,7)19-15-12-11-13-16-19/h10-13,15-17,20-22,28H,1,14H2,2-9H3,(H,29,31)(H,33,34)/b18-17+/t20-,21-,22+/m0/s1. The Hall–Kier alpha value is -2.93. The van der Waals surface area contributed by atoms with E-state index in [4.69, 9.17) is 0 Å². The van der Waals surface area contributed by atoms with Gasteiger partial charge in [-0.2, -0.15) is 0 Å². The number of carboxylic acids is 1. The molecule has 0 aromatic heterocycles. The van der Waals surface area contributed by atoms with Crippen LogP contribution in [0.3, 0.4) is 0 Å². The molecule has 0 radical (unpaired) electrons. The molecule has 0 fully saturated rings. The first-order valence-electron chi connectivity index (χ1n) is 11.5. The van der Waals surface area contributed by atoms with E-state index in [1.165, 1.54) is 11.8 Å². The van der Waals surface area contributed by atoms with Gasteiger partial charge in [-0.25, -0.2) is 4.79 Å². The molecule has 0 aliphatic heterocycles. The van der Waals surface area contributed by atoms with Gasteiger partial charge in [-0.3, -0.25) is 9.59 Å². The molecule has 1 aromatic carbocycles. The lowest BCUT2D eigenvalue weighted by Gasteiger charge is -2.39. The van der Waals surface area contributed by atoms with E-state index >= 15 is 0 Å². The van der Waals surface area contributed by atoms with Crippen molar-refractivity contribution in [1.82, 2.24) is 15.5 Å². The highest BCUT2D eigenvalue weighted by Gasteiger charge is 2.41. The summed E-state index contributed by atoms with van der Waals surface area (Å²) in [4.78, 5) is 39.9. The predicted octanol–water partition coefficient (Wildman–Crippen LogP) is 3.52. The van der Waals surface area contributed by atoms with Crippen molar-refractivity contribution in [1.29, 1.82) is 0 Å². The van der Waals surface area contributed by atoms with Gasteiger partial charge in [0.2, 0.25) is 11.8 Å². The van der Waals surface area contributed by atoms with E-state index in [0.717, 1.165) is 5.56 Å². The molecule has 0 saturated heterocycles. The predicted molar refractivity (Wildman–Crippen MR) is 136 cm³/mol. The van der Waals surface area contributed by atoms with Gasteiger partial charge in [0.25, 0.3) is 0 Å². The average molecular weight is 472 g/mol. The van der Waals surface area contributed by atoms with Gasteiger partial charge < -0.3 is 20.6 Å². The summed E-state index contributed by atoms with van der Waals surface area (Å²) in [6, 6.07) is 7.86. The molecule has 0 aliphatic rings. The second-order valence-electron chi connectivity index (χ2n) is 10.3. The first-order valence-corrected chi connectivity index (χ1v) is 11.5. The second-order valence-corrected chi connectivity index (χ2v) is 10.3. The summed E-state index contributed by atoms with van der Waals surface area (Å²) < 4.78 is 0. The highest BCUT2D eigenvalue weighted by Crippen LogP contribution is 2.28. The Balaban J connectivity index is 3.27. The number of carboxylic acid groups (broad SMARTS) is 1. The fourth-order valence-corrected chi connectivity index (χ4v) is 3.96. The Morgan fingerprint density at radius 2 is 1.65 bits per heavy atom. The molecule has 0 unspecified atom stereocenters. The Bertz CT molecular complexity index is 900. The number of carbonyl (C=O) groups is 3. The zero-order valence-corrected chi connectivity index (χ0v) is 21.8. The van der Waals surface area contributed by atoms with Gasteiger partial charge in [-0.05, 0) is 31.4 Å². The Labute approximate surface area is 204 Å². The van der Waals surface area contributed by atoms with Crippen LogP contribution in [0.1, 0.15) is 53.5 Å². The summed E-state index contributed by atoms with van der Waals surface area (Å²) in [5.74, 6) is -1.62. The maximum Gasteiger partial charge on any atom is 0.331 e. The Kier molecular flexibility index (Phi) is 10.2. The van der Waals surface area contributed by atoms with E-state index in [1.54, 1.807) is 26.2 Å². The van der Waals surface area contributed by atoms with E-state index in [-0.39, 0.29) is 17.4 Å². The zero-order valence-electron chi connectivity index (χ0n) is 21.8. The molecule has 7 nitrogen and oxygen atoms in total. The molecule has 0 saturated carbocycles. The number of likely N-dealkylation sites (N-methyl/N-ethyl adjacent to an activating group) is 2. The van der Waals surface area contributed by atoms with E-state index < -0.39 is 34.9 Å². The Morgan fingerprint density at radius 1 is 1.09 bits per heavy atom. The monoisotopic (exact) mass is 471 g/mol. The van der Waals surface area contributed by atoms with Gasteiger partial charge in [0.15, 0.2) is 0 Å². The van der Waals surface area contributed by atoms with Crippen molar-refractivity contribution >= 4 is 17.8 Å². The summed E-state index contributed by atoms with van der Waals surface area (Å²) in [6.07, 6.45) is 3.57. The summed E-state index contributed by atoms with van der Waals surface area (Å²) in [6.45, 7) is 14.9. The van der Waals surface area contributed by atoms with Crippen LogP contribution in [0, 0.1) is 5.41 Å². The van der Waals surface area contributed by atoms with Crippen LogP contribution in [0.5, 0.6) is 0 Å². The third kappa shape index (κ3) is 7.29. The number of hydrogen-bond acceptors (Lipinski definition) is 4. The van der Waals surface area contributed by atoms with E-state index in [0.29, 0.717) is 6.42 Å². The topological polar surface area (TPSA) is 98.7 Å². The van der Waals surface area contributed by atoms with Crippen molar-refractivity contribution in [2.75, 3.05) is 14.1 Å². The minimum Gasteiger partial charge on any atom is -0.478 e. The Morgan fingerprint density at radius 3 is 2.09 bits per heavy atom. The number of aliphatic carboxylic acids is 1. The zero-order chi connectivity index (χ0) is 26.3. The van der Waals surface area contributed by atoms with Gasteiger partial charge in [0.05, 0.1) is 12.1 Å². The van der Waals surface area contributed by atoms with Gasteiger partial charge in [-0.15, -0.1) is 6.58 Å². The molecule has 0 aliphatic carbocycles. The maximum absolute atomic E-state index is 13.6. The number of amides is 2. The van der Waals surface area contributed by atoms with Crippen LogP contribution >= 0.6 is 0 Å². The highest BCUT2D eigenvalue weighted by atomic mass is 16.4. The summed E-state index contributed by atoms with van der Waals surface area (Å²) in [7, 11) is 3.35. The summed E-state index contributed by atoms with van der Waals surface area (Å²) in [5.41, 5.74) is 0.0216. The molecule has 2 amide bonds. The van der Waals surface area contributed by atoms with Crippen molar-refractivity contribution in [2.24, 2.45) is 5.41 Å². The van der Waals surface area contributed by atoms with Crippen LogP contribution in [-0.2, 0) is 19.8 Å². The number of nitrogens with one attached hydrogen (secondary N) is 2. The van der Waals surface area contributed by atoms with Crippen LogP contribution in [0.25, 0.3) is 0 Å². The number of rotatable bonds is 11. The van der Waals surface area contributed by atoms with Crippen LogP contribution in [-0.4, -0.2) is 60.0 Å². The fraction of sp³-hybridized carbons (Fsp3) is 0.519. The quantitative estimate of drug-likeness (QED) is 0.339. The van der Waals surface area contributed by atoms with E-state index in [9.17, 15) is 19.5 Å². The van der Waals surface area contributed by atoms with Crippen LogP contribution in [0.2, 0.25) is 0 Å². The van der Waals surface area contributed by atoms with Gasteiger partial charge in [-0.1, -0.05) is 77.1 Å². The molecule has 0 heterocycles. The van der Waals surface area contributed by atoms with Crippen molar-refractivity contribution < 1.29 is 19.5 Å². The first-order chi connectivity index (χ1) is 15.7. The number of hydrogen-bond donors (Lipinski definition) is 3. The molecular weight excluding hydrogens is 430 g/mol. The summed E-state index contributed by atoms with van der Waals surface area (Å²) in [5, 5.41) is 15.4. The molecule has 1 aromatic rings. The lowest BCUT2D eigenvalue weighted by molar-refractivity contribution is -0.140. The third-order valence-electron chi connectivity index (χ3n) is 6.22. The molecule has 0 bridgehead atoms. The lowest BCUT2D eigenvalue weighted by atomic mass is 9.76. The fourth-order valence-electron chi connectivity index (χ4n) is 3.96. The van der Waals surface area contributed by atoms with Crippen molar-refractivity contribution in [3.8, 4) is 0 Å². The molecule has 0 spiro atoms. The first kappa shape index (κ1) is 29.1. The minimum atomic E-state index is -1.05. The van der Waals surface area contributed by atoms with Crippen molar-refractivity contribution in [3.05, 3.63) is 60.2 Å². The van der Waals surface area contributed by atoms with Crippen molar-refractivity contribution in [3.63, 3.8) is 0 Å². The second kappa shape index (κ2) is 12.0. The van der Waals surface area contributed by atoms with Gasteiger partial charge in [0.1, 0.15) is 6.04 Å². The maximum atomic E-state index is 13.6. The lowest BCUT2D eigenvalue weighted by Crippen LogP contribution is -2.61. The van der Waals surface area contributed by atoms with Crippen LogP contribution < -0.4 is 10.6 Å². The molecule has 34 heavy (non-hydrogen) atoms.